The molecule has 3 heteroatoms. The fraction of sp³-hybridized carbons (Fsp3) is 1.00. The van der Waals surface area contributed by atoms with E-state index >= 15 is 0 Å². The summed E-state index contributed by atoms with van der Waals surface area (Å²) in [7, 11) is 0. The highest BCUT2D eigenvalue weighted by molar-refractivity contribution is 7.98. The van der Waals surface area contributed by atoms with E-state index in [0.717, 1.165) is 24.7 Å². The Hall–Kier alpha value is 0.270. The third-order valence-corrected chi connectivity index (χ3v) is 5.59. The van der Waals surface area contributed by atoms with Crippen molar-refractivity contribution in [3.8, 4) is 0 Å². The molecule has 2 atom stereocenters. The van der Waals surface area contributed by atoms with Crippen LogP contribution in [0.25, 0.3) is 0 Å². The molecule has 2 rings (SSSR count). The first-order chi connectivity index (χ1) is 9.35. The highest BCUT2D eigenvalue weighted by atomic mass is 32.2. The number of rotatable bonds is 9. The number of hydrogen-bond donors (Lipinski definition) is 1. The van der Waals surface area contributed by atoms with Crippen molar-refractivity contribution >= 4 is 11.8 Å². The first-order valence-electron chi connectivity index (χ1n) is 8.33. The predicted molar refractivity (Wildman–Crippen MR) is 87.1 cm³/mol. The Bertz CT molecular complexity index is 233. The first-order valence-corrected chi connectivity index (χ1v) is 9.72. The van der Waals surface area contributed by atoms with E-state index in [2.05, 4.69) is 23.4 Å². The van der Waals surface area contributed by atoms with Crippen molar-refractivity contribution in [2.24, 2.45) is 0 Å². The molecule has 2 aliphatic rings. The Balaban J connectivity index is 1.63. The van der Waals surface area contributed by atoms with Crippen LogP contribution in [0.4, 0.5) is 0 Å². The fourth-order valence-corrected chi connectivity index (χ4v) is 4.48. The molecular formula is C16H32N2S. The van der Waals surface area contributed by atoms with E-state index in [9.17, 15) is 0 Å². The van der Waals surface area contributed by atoms with Gasteiger partial charge >= 0.3 is 0 Å². The maximum absolute atomic E-state index is 3.67. The molecule has 1 N–H and O–H groups in total. The third-order valence-electron chi connectivity index (χ3n) is 4.89. The topological polar surface area (TPSA) is 15.3 Å². The summed E-state index contributed by atoms with van der Waals surface area (Å²) in [5.41, 5.74) is 0. The van der Waals surface area contributed by atoms with Gasteiger partial charge in [0, 0.05) is 18.1 Å². The van der Waals surface area contributed by atoms with Gasteiger partial charge < -0.3 is 5.32 Å². The van der Waals surface area contributed by atoms with Crippen molar-refractivity contribution in [2.75, 3.05) is 25.1 Å². The van der Waals surface area contributed by atoms with Crippen molar-refractivity contribution in [1.29, 1.82) is 0 Å². The molecule has 0 amide bonds. The van der Waals surface area contributed by atoms with E-state index in [4.69, 9.17) is 0 Å². The zero-order chi connectivity index (χ0) is 13.5. The zero-order valence-electron chi connectivity index (χ0n) is 12.9. The highest BCUT2D eigenvalue weighted by Crippen LogP contribution is 2.35. The van der Waals surface area contributed by atoms with Crippen LogP contribution < -0.4 is 5.32 Å². The van der Waals surface area contributed by atoms with Crippen LogP contribution in [0.2, 0.25) is 0 Å². The van der Waals surface area contributed by atoms with Gasteiger partial charge in [0.2, 0.25) is 0 Å². The lowest BCUT2D eigenvalue weighted by Gasteiger charge is -2.39. The van der Waals surface area contributed by atoms with E-state index in [1.807, 2.05) is 11.8 Å². The Morgan fingerprint density at radius 1 is 1.05 bits per heavy atom. The molecule has 2 aliphatic heterocycles. The van der Waals surface area contributed by atoms with Crippen LogP contribution in [0.1, 0.15) is 58.3 Å². The summed E-state index contributed by atoms with van der Waals surface area (Å²) in [5.74, 6) is 1.35. The number of nitrogens with one attached hydrogen (secondary N) is 1. The SMILES string of the molecule is CCNC1CC2CCC(C1)N2CCCCCCSC. The minimum Gasteiger partial charge on any atom is -0.314 e. The molecule has 2 nitrogen and oxygen atoms in total. The van der Waals surface area contributed by atoms with E-state index in [1.165, 1.54) is 63.7 Å². The summed E-state index contributed by atoms with van der Waals surface area (Å²) in [6.45, 7) is 4.75. The molecule has 0 aliphatic carbocycles. The molecule has 2 unspecified atom stereocenters. The maximum atomic E-state index is 3.67. The largest absolute Gasteiger partial charge is 0.314 e. The van der Waals surface area contributed by atoms with Gasteiger partial charge in [-0.05, 0) is 63.6 Å². The minimum atomic E-state index is 0.806. The molecule has 2 bridgehead atoms. The molecule has 19 heavy (non-hydrogen) atoms. The lowest BCUT2D eigenvalue weighted by Crippen LogP contribution is -2.49. The van der Waals surface area contributed by atoms with Crippen molar-refractivity contribution < 1.29 is 0 Å². The van der Waals surface area contributed by atoms with Gasteiger partial charge in [-0.15, -0.1) is 0 Å². The quantitative estimate of drug-likeness (QED) is 0.652. The molecular weight excluding hydrogens is 252 g/mol. The van der Waals surface area contributed by atoms with E-state index in [1.54, 1.807) is 0 Å². The highest BCUT2D eigenvalue weighted by Gasteiger charge is 2.39. The molecule has 0 aromatic carbocycles. The van der Waals surface area contributed by atoms with Gasteiger partial charge in [-0.3, -0.25) is 4.90 Å². The second-order valence-electron chi connectivity index (χ2n) is 6.26. The molecule has 2 fully saturated rings. The number of fused-ring (bicyclic) bond motifs is 2. The molecule has 112 valence electrons. The standard InChI is InChI=1S/C16H32N2S/c1-3-17-14-12-15-8-9-16(13-14)18(15)10-6-4-5-7-11-19-2/h14-17H,3-13H2,1-2H3. The summed E-state index contributed by atoms with van der Waals surface area (Å²) in [4.78, 5) is 2.85. The maximum Gasteiger partial charge on any atom is 0.0114 e. The van der Waals surface area contributed by atoms with Crippen molar-refractivity contribution in [3.63, 3.8) is 0 Å². The van der Waals surface area contributed by atoms with Crippen molar-refractivity contribution in [1.82, 2.24) is 10.2 Å². The van der Waals surface area contributed by atoms with Crippen molar-refractivity contribution in [2.45, 2.75) is 76.4 Å². The van der Waals surface area contributed by atoms with Crippen LogP contribution >= 0.6 is 11.8 Å². The van der Waals surface area contributed by atoms with E-state index in [0.29, 0.717) is 0 Å². The lowest BCUT2D eigenvalue weighted by molar-refractivity contribution is 0.115. The van der Waals surface area contributed by atoms with E-state index < -0.39 is 0 Å². The van der Waals surface area contributed by atoms with Crippen molar-refractivity contribution in [3.05, 3.63) is 0 Å². The molecule has 2 saturated heterocycles. The number of nitrogens with zero attached hydrogens (tertiary/aromatic N) is 1. The Morgan fingerprint density at radius 2 is 1.74 bits per heavy atom. The van der Waals surface area contributed by atoms with Gasteiger partial charge in [-0.25, -0.2) is 0 Å². The summed E-state index contributed by atoms with van der Waals surface area (Å²) >= 11 is 1.99. The van der Waals surface area contributed by atoms with Crippen LogP contribution in [-0.4, -0.2) is 48.1 Å². The minimum absolute atomic E-state index is 0.806. The molecule has 0 spiro atoms. The predicted octanol–water partition coefficient (Wildman–Crippen LogP) is 3.51. The molecule has 0 radical (unpaired) electrons. The first kappa shape index (κ1) is 15.7. The normalized spacial score (nSPS) is 30.9. The molecule has 0 aromatic heterocycles. The second-order valence-corrected chi connectivity index (χ2v) is 7.24. The summed E-state index contributed by atoms with van der Waals surface area (Å²) < 4.78 is 0. The van der Waals surface area contributed by atoms with Gasteiger partial charge in [0.05, 0.1) is 0 Å². The average Bonchev–Trinajstić information content (AvgIpc) is 2.65. The number of thioether (sulfide) groups is 1. The number of hydrogen-bond acceptors (Lipinski definition) is 3. The molecule has 2 heterocycles. The van der Waals surface area contributed by atoms with Gasteiger partial charge in [-0.1, -0.05) is 19.8 Å². The zero-order valence-corrected chi connectivity index (χ0v) is 13.7. The monoisotopic (exact) mass is 284 g/mol. The Morgan fingerprint density at radius 3 is 2.37 bits per heavy atom. The lowest BCUT2D eigenvalue weighted by atomic mass is 9.97. The Kier molecular flexibility index (Phi) is 7.03. The second kappa shape index (κ2) is 8.53. The van der Waals surface area contributed by atoms with Crippen LogP contribution in [0, 0.1) is 0 Å². The van der Waals surface area contributed by atoms with E-state index in [-0.39, 0.29) is 0 Å². The van der Waals surface area contributed by atoms with Crippen LogP contribution in [0.3, 0.4) is 0 Å². The number of piperidine rings is 1. The molecule has 0 aromatic rings. The third kappa shape index (κ3) is 4.64. The fourth-order valence-electron chi connectivity index (χ4n) is 3.99. The summed E-state index contributed by atoms with van der Waals surface area (Å²) in [6.07, 6.45) is 13.6. The average molecular weight is 285 g/mol. The summed E-state index contributed by atoms with van der Waals surface area (Å²) in [5, 5.41) is 3.67. The van der Waals surface area contributed by atoms with Gasteiger partial charge in [0.25, 0.3) is 0 Å². The smallest absolute Gasteiger partial charge is 0.0114 e. The van der Waals surface area contributed by atoms with Gasteiger partial charge in [-0.2, -0.15) is 11.8 Å². The Labute approximate surface area is 124 Å². The van der Waals surface area contributed by atoms with Crippen LogP contribution in [-0.2, 0) is 0 Å². The summed E-state index contributed by atoms with van der Waals surface area (Å²) in [6, 6.07) is 2.60. The van der Waals surface area contributed by atoms with Crippen LogP contribution in [0.15, 0.2) is 0 Å². The number of unbranched alkanes of at least 4 members (excludes halogenated alkanes) is 3. The van der Waals surface area contributed by atoms with Gasteiger partial charge in [0.1, 0.15) is 0 Å². The van der Waals surface area contributed by atoms with Gasteiger partial charge in [0.15, 0.2) is 0 Å². The molecule has 0 saturated carbocycles. The van der Waals surface area contributed by atoms with Crippen LogP contribution in [0.5, 0.6) is 0 Å².